The van der Waals surface area contributed by atoms with Gasteiger partial charge in [0.05, 0.1) is 12.4 Å². The molecule has 1 aliphatic rings. The van der Waals surface area contributed by atoms with E-state index in [0.29, 0.717) is 35.2 Å². The molecule has 0 amide bonds. The zero-order chi connectivity index (χ0) is 29.9. The first-order valence-electron chi connectivity index (χ1n) is 15.9. The van der Waals surface area contributed by atoms with E-state index in [4.69, 9.17) is 14.2 Å². The highest BCUT2D eigenvalue weighted by Gasteiger charge is 2.22. The number of aromatic hydroxyl groups is 1. The largest absolute Gasteiger partial charge is 0.508 e. The molecular formula is C38H50O4. The summed E-state index contributed by atoms with van der Waals surface area (Å²) in [6.07, 6.45) is 9.42. The van der Waals surface area contributed by atoms with Crippen molar-refractivity contribution in [2.24, 2.45) is 5.92 Å². The molecule has 3 aromatic carbocycles. The Morgan fingerprint density at radius 3 is 1.98 bits per heavy atom. The summed E-state index contributed by atoms with van der Waals surface area (Å²) in [4.78, 5) is 0. The van der Waals surface area contributed by atoms with Gasteiger partial charge in [0.2, 0.25) is 0 Å². The Balaban J connectivity index is 1.40. The van der Waals surface area contributed by atoms with E-state index in [1.807, 2.05) is 26.0 Å². The SMILES string of the molecule is C=C(C)Oc1ccc(C(C)CC(CC(CC)c2ccc(OC(C)OCC3CCCCC3)cc2)c2ccc(O)cc2)cc1. The molecule has 226 valence electrons. The molecule has 0 bridgehead atoms. The van der Waals surface area contributed by atoms with Gasteiger partial charge in [-0.15, -0.1) is 0 Å². The Kier molecular flexibility index (Phi) is 12.0. The third kappa shape index (κ3) is 9.66. The van der Waals surface area contributed by atoms with Crippen molar-refractivity contribution < 1.29 is 19.3 Å². The smallest absolute Gasteiger partial charge is 0.196 e. The Hall–Kier alpha value is -3.24. The fourth-order valence-electron chi connectivity index (χ4n) is 6.29. The van der Waals surface area contributed by atoms with Crippen LogP contribution in [0.5, 0.6) is 17.2 Å². The average molecular weight is 571 g/mol. The number of allylic oxidation sites excluding steroid dienone is 1. The number of ether oxygens (including phenoxy) is 3. The molecule has 4 nitrogen and oxygen atoms in total. The van der Waals surface area contributed by atoms with E-state index in [1.165, 1.54) is 48.8 Å². The highest BCUT2D eigenvalue weighted by molar-refractivity contribution is 5.34. The fourth-order valence-corrected chi connectivity index (χ4v) is 6.29. The maximum atomic E-state index is 9.94. The van der Waals surface area contributed by atoms with Crippen molar-refractivity contribution in [1.29, 1.82) is 0 Å². The van der Waals surface area contributed by atoms with Crippen LogP contribution in [0, 0.1) is 5.92 Å². The second kappa shape index (κ2) is 15.8. The molecule has 1 N–H and O–H groups in total. The molecule has 0 aliphatic heterocycles. The molecule has 4 rings (SSSR count). The Morgan fingerprint density at radius 2 is 1.36 bits per heavy atom. The zero-order valence-electron chi connectivity index (χ0n) is 26.1. The molecule has 0 radical (unpaired) electrons. The first-order chi connectivity index (χ1) is 20.3. The van der Waals surface area contributed by atoms with Crippen molar-refractivity contribution in [3.63, 3.8) is 0 Å². The summed E-state index contributed by atoms with van der Waals surface area (Å²) >= 11 is 0. The van der Waals surface area contributed by atoms with Crippen molar-refractivity contribution in [2.75, 3.05) is 6.61 Å². The molecule has 4 atom stereocenters. The number of phenolic OH excluding ortho intramolecular Hbond substituents is 1. The molecule has 1 saturated carbocycles. The zero-order valence-corrected chi connectivity index (χ0v) is 26.1. The number of hydrogen-bond donors (Lipinski definition) is 1. The third-order valence-corrected chi connectivity index (χ3v) is 8.75. The molecule has 0 saturated heterocycles. The molecule has 42 heavy (non-hydrogen) atoms. The molecule has 0 heterocycles. The third-order valence-electron chi connectivity index (χ3n) is 8.75. The van der Waals surface area contributed by atoms with Crippen LogP contribution in [-0.4, -0.2) is 18.0 Å². The van der Waals surface area contributed by atoms with Gasteiger partial charge in [-0.2, -0.15) is 0 Å². The number of hydrogen-bond acceptors (Lipinski definition) is 4. The molecule has 0 aromatic heterocycles. The Labute approximate surface area is 253 Å². The monoisotopic (exact) mass is 570 g/mol. The highest BCUT2D eigenvalue weighted by Crippen LogP contribution is 2.39. The van der Waals surface area contributed by atoms with Gasteiger partial charge in [0.1, 0.15) is 17.2 Å². The van der Waals surface area contributed by atoms with Crippen LogP contribution in [0.3, 0.4) is 0 Å². The van der Waals surface area contributed by atoms with Crippen LogP contribution in [0.15, 0.2) is 85.1 Å². The summed E-state index contributed by atoms with van der Waals surface area (Å²) in [5.41, 5.74) is 3.89. The minimum atomic E-state index is -0.249. The van der Waals surface area contributed by atoms with Crippen molar-refractivity contribution in [2.45, 2.75) is 103 Å². The van der Waals surface area contributed by atoms with E-state index in [2.05, 4.69) is 69.0 Å². The topological polar surface area (TPSA) is 47.9 Å². The predicted octanol–water partition coefficient (Wildman–Crippen LogP) is 10.5. The van der Waals surface area contributed by atoms with Crippen LogP contribution in [-0.2, 0) is 4.74 Å². The van der Waals surface area contributed by atoms with Gasteiger partial charge in [-0.05, 0) is 123 Å². The van der Waals surface area contributed by atoms with Crippen molar-refractivity contribution in [1.82, 2.24) is 0 Å². The maximum absolute atomic E-state index is 9.94. The van der Waals surface area contributed by atoms with Crippen LogP contribution in [0.1, 0.15) is 114 Å². The predicted molar refractivity (Wildman–Crippen MR) is 172 cm³/mol. The first kappa shape index (κ1) is 31.7. The quantitative estimate of drug-likeness (QED) is 0.146. The summed E-state index contributed by atoms with van der Waals surface area (Å²) in [6.45, 7) is 13.1. The van der Waals surface area contributed by atoms with Gasteiger partial charge in [-0.25, -0.2) is 0 Å². The lowest BCUT2D eigenvalue weighted by atomic mass is 9.78. The second-order valence-corrected chi connectivity index (χ2v) is 12.2. The Bertz CT molecular complexity index is 1210. The van der Waals surface area contributed by atoms with Gasteiger partial charge < -0.3 is 19.3 Å². The lowest BCUT2D eigenvalue weighted by Gasteiger charge is -2.27. The van der Waals surface area contributed by atoms with E-state index >= 15 is 0 Å². The Morgan fingerprint density at radius 1 is 0.786 bits per heavy atom. The van der Waals surface area contributed by atoms with E-state index in [0.717, 1.165) is 37.4 Å². The highest BCUT2D eigenvalue weighted by atomic mass is 16.7. The van der Waals surface area contributed by atoms with E-state index in [-0.39, 0.29) is 6.29 Å². The first-order valence-corrected chi connectivity index (χ1v) is 15.9. The van der Waals surface area contributed by atoms with Crippen LogP contribution in [0.4, 0.5) is 0 Å². The average Bonchev–Trinajstić information content (AvgIpc) is 2.99. The van der Waals surface area contributed by atoms with Crippen LogP contribution in [0.25, 0.3) is 0 Å². The van der Waals surface area contributed by atoms with Crippen molar-refractivity contribution >= 4 is 0 Å². The molecule has 4 unspecified atom stereocenters. The summed E-state index contributed by atoms with van der Waals surface area (Å²) < 4.78 is 17.8. The van der Waals surface area contributed by atoms with Crippen molar-refractivity contribution in [3.8, 4) is 17.2 Å². The van der Waals surface area contributed by atoms with E-state index < -0.39 is 0 Å². The van der Waals surface area contributed by atoms with Crippen LogP contribution >= 0.6 is 0 Å². The van der Waals surface area contributed by atoms with Gasteiger partial charge in [0, 0.05) is 0 Å². The lowest BCUT2D eigenvalue weighted by Crippen LogP contribution is -2.22. The molecule has 0 spiro atoms. The summed E-state index contributed by atoms with van der Waals surface area (Å²) in [6, 6.07) is 24.7. The minimum absolute atomic E-state index is 0.249. The minimum Gasteiger partial charge on any atom is -0.508 e. The second-order valence-electron chi connectivity index (χ2n) is 12.2. The standard InChI is InChI=1S/C38H50O4/c1-6-31(33-16-22-38(23-17-33)42-29(5)40-26-30-10-8-7-9-11-30)25-35(34-12-18-36(39)19-13-34)24-28(4)32-14-20-37(21-15-32)41-27(2)3/h12-23,28-31,35,39H,2,6-11,24-26H2,1,3-5H3. The van der Waals surface area contributed by atoms with Gasteiger partial charge in [-0.1, -0.05) is 76.1 Å². The van der Waals surface area contributed by atoms with Gasteiger partial charge in [-0.3, -0.25) is 0 Å². The summed E-state index contributed by atoms with van der Waals surface area (Å²) in [7, 11) is 0. The molecule has 3 aromatic rings. The van der Waals surface area contributed by atoms with Gasteiger partial charge >= 0.3 is 0 Å². The fraction of sp³-hybridized carbons (Fsp3) is 0.474. The number of rotatable bonds is 15. The summed E-state index contributed by atoms with van der Waals surface area (Å²) in [5.74, 6) is 4.47. The molecular weight excluding hydrogens is 520 g/mol. The van der Waals surface area contributed by atoms with Crippen LogP contribution < -0.4 is 9.47 Å². The lowest BCUT2D eigenvalue weighted by molar-refractivity contribution is -0.0820. The van der Waals surface area contributed by atoms with Crippen LogP contribution in [0.2, 0.25) is 0 Å². The van der Waals surface area contributed by atoms with E-state index in [9.17, 15) is 5.11 Å². The molecule has 1 aliphatic carbocycles. The normalized spacial score (nSPS) is 16.8. The van der Waals surface area contributed by atoms with E-state index in [1.54, 1.807) is 12.1 Å². The summed E-state index contributed by atoms with van der Waals surface area (Å²) in [5, 5.41) is 9.94. The van der Waals surface area contributed by atoms with Gasteiger partial charge in [0.25, 0.3) is 0 Å². The number of phenols is 1. The van der Waals surface area contributed by atoms with Crippen molar-refractivity contribution in [3.05, 3.63) is 102 Å². The molecule has 4 heteroatoms. The maximum Gasteiger partial charge on any atom is 0.196 e. The molecule has 1 fully saturated rings. The van der Waals surface area contributed by atoms with Gasteiger partial charge in [0.15, 0.2) is 6.29 Å². The number of benzene rings is 3.